The number of rotatable bonds is 7. The van der Waals surface area contributed by atoms with Crippen LogP contribution in [0.15, 0.2) is 217 Å². The molecule has 10 aromatic rings. The molecule has 0 radical (unpaired) electrons. The number of benzene rings is 9. The van der Waals surface area contributed by atoms with E-state index < -0.39 is 0 Å². The van der Waals surface area contributed by atoms with Crippen molar-refractivity contribution in [3.8, 4) is 44.5 Å². The number of hydrogen-bond acceptors (Lipinski definition) is 2. The molecule has 10 rings (SSSR count). The van der Waals surface area contributed by atoms with E-state index in [1.807, 2.05) is 12.1 Å². The third-order valence-corrected chi connectivity index (χ3v) is 10.5. The lowest BCUT2D eigenvalue weighted by molar-refractivity contribution is 0.670. The van der Waals surface area contributed by atoms with Crippen LogP contribution in [0.5, 0.6) is 0 Å². The van der Waals surface area contributed by atoms with Crippen LogP contribution in [0.1, 0.15) is 0 Å². The fraction of sp³-hybridized carbons (Fsp3) is 0. The maximum Gasteiger partial charge on any atom is 0.143 e. The highest BCUT2D eigenvalue weighted by Crippen LogP contribution is 2.40. The predicted molar refractivity (Wildman–Crippen MR) is 228 cm³/mol. The summed E-state index contributed by atoms with van der Waals surface area (Å²) in [4.78, 5) is 2.33. The fourth-order valence-corrected chi connectivity index (χ4v) is 7.67. The molecular formula is C52H35NO. The van der Waals surface area contributed by atoms with Gasteiger partial charge in [-0.05, 0) is 98.2 Å². The summed E-state index contributed by atoms with van der Waals surface area (Å²) in [5.74, 6) is 0. The van der Waals surface area contributed by atoms with Crippen LogP contribution in [0.3, 0.4) is 0 Å². The van der Waals surface area contributed by atoms with E-state index in [1.165, 1.54) is 44.2 Å². The molecule has 0 fully saturated rings. The molecule has 254 valence electrons. The average molecular weight is 690 g/mol. The highest BCUT2D eigenvalue weighted by Gasteiger charge is 2.16. The Hall–Kier alpha value is -7.16. The Morgan fingerprint density at radius 1 is 0.296 bits per heavy atom. The molecule has 0 unspecified atom stereocenters. The van der Waals surface area contributed by atoms with Crippen LogP contribution in [0.4, 0.5) is 17.1 Å². The van der Waals surface area contributed by atoms with Crippen molar-refractivity contribution in [3.63, 3.8) is 0 Å². The van der Waals surface area contributed by atoms with Gasteiger partial charge in [0.1, 0.15) is 11.2 Å². The van der Waals surface area contributed by atoms with E-state index in [9.17, 15) is 0 Å². The number of nitrogens with zero attached hydrogens (tertiary/aromatic N) is 1. The van der Waals surface area contributed by atoms with Crippen molar-refractivity contribution >= 4 is 49.8 Å². The van der Waals surface area contributed by atoms with E-state index in [4.69, 9.17) is 4.42 Å². The zero-order valence-electron chi connectivity index (χ0n) is 29.6. The van der Waals surface area contributed by atoms with E-state index in [0.717, 1.165) is 50.1 Å². The monoisotopic (exact) mass is 689 g/mol. The maximum atomic E-state index is 6.38. The molecule has 0 saturated heterocycles. The van der Waals surface area contributed by atoms with Gasteiger partial charge in [0.15, 0.2) is 0 Å². The topological polar surface area (TPSA) is 16.4 Å². The normalized spacial score (nSPS) is 11.3. The molecule has 0 spiro atoms. The number of fused-ring (bicyclic) bond motifs is 4. The molecule has 0 aliphatic heterocycles. The van der Waals surface area contributed by atoms with E-state index in [2.05, 4.69) is 205 Å². The summed E-state index contributed by atoms with van der Waals surface area (Å²) in [6.45, 7) is 0. The largest absolute Gasteiger partial charge is 0.455 e. The van der Waals surface area contributed by atoms with Crippen molar-refractivity contribution in [2.24, 2.45) is 0 Å². The number of anilines is 3. The summed E-state index contributed by atoms with van der Waals surface area (Å²) in [6.07, 6.45) is 0. The second-order valence-electron chi connectivity index (χ2n) is 13.8. The molecule has 9 aromatic carbocycles. The summed E-state index contributed by atoms with van der Waals surface area (Å²) in [5.41, 5.74) is 14.5. The van der Waals surface area contributed by atoms with Gasteiger partial charge < -0.3 is 9.32 Å². The van der Waals surface area contributed by atoms with Crippen molar-refractivity contribution in [2.75, 3.05) is 4.90 Å². The first-order valence-corrected chi connectivity index (χ1v) is 18.4. The first kappa shape index (κ1) is 31.6. The zero-order valence-corrected chi connectivity index (χ0v) is 29.6. The lowest BCUT2D eigenvalue weighted by atomic mass is 9.98. The summed E-state index contributed by atoms with van der Waals surface area (Å²) < 4.78 is 6.38. The molecule has 0 aliphatic carbocycles. The van der Waals surface area contributed by atoms with Gasteiger partial charge in [0.2, 0.25) is 0 Å². The molecule has 2 nitrogen and oxygen atoms in total. The quantitative estimate of drug-likeness (QED) is 0.166. The lowest BCUT2D eigenvalue weighted by Crippen LogP contribution is -2.09. The third-order valence-electron chi connectivity index (χ3n) is 10.5. The Morgan fingerprint density at radius 3 is 1.41 bits per heavy atom. The van der Waals surface area contributed by atoms with Crippen LogP contribution in [0.25, 0.3) is 77.2 Å². The van der Waals surface area contributed by atoms with Gasteiger partial charge in [-0.15, -0.1) is 0 Å². The zero-order chi connectivity index (χ0) is 35.8. The standard InChI is InChI=1S/C52H35NO/c1-2-9-36(10-3-1)39-23-29-45(30-24-39)53(47-33-27-42(28-34-47)48-14-8-15-50-49-13-6-7-16-51(49)54-52(48)50)46-31-25-40(26-32-46)38-17-19-41(20-18-38)44-22-21-37-11-4-5-12-43(37)35-44/h1-35H. The van der Waals surface area contributed by atoms with Crippen molar-refractivity contribution in [2.45, 2.75) is 0 Å². The third kappa shape index (κ3) is 5.81. The van der Waals surface area contributed by atoms with Gasteiger partial charge in [-0.3, -0.25) is 0 Å². The van der Waals surface area contributed by atoms with Crippen molar-refractivity contribution in [1.82, 2.24) is 0 Å². The Labute approximate surface area is 314 Å². The Morgan fingerprint density at radius 2 is 0.759 bits per heavy atom. The van der Waals surface area contributed by atoms with E-state index in [0.29, 0.717) is 0 Å². The highest BCUT2D eigenvalue weighted by atomic mass is 16.3. The molecule has 1 heterocycles. The molecule has 0 amide bonds. The average Bonchev–Trinajstić information content (AvgIpc) is 3.64. The van der Waals surface area contributed by atoms with Gasteiger partial charge in [-0.2, -0.15) is 0 Å². The fourth-order valence-electron chi connectivity index (χ4n) is 7.67. The highest BCUT2D eigenvalue weighted by molar-refractivity contribution is 6.09. The molecule has 0 aliphatic rings. The second-order valence-corrected chi connectivity index (χ2v) is 13.8. The van der Waals surface area contributed by atoms with Crippen LogP contribution >= 0.6 is 0 Å². The summed E-state index contributed by atoms with van der Waals surface area (Å²) >= 11 is 0. The molecule has 2 heteroatoms. The molecule has 54 heavy (non-hydrogen) atoms. The smallest absolute Gasteiger partial charge is 0.143 e. The molecule has 0 atom stereocenters. The lowest BCUT2D eigenvalue weighted by Gasteiger charge is -2.26. The van der Waals surface area contributed by atoms with Gasteiger partial charge in [-0.1, -0.05) is 164 Å². The Bertz CT molecular complexity index is 2890. The molecule has 1 aromatic heterocycles. The van der Waals surface area contributed by atoms with Gasteiger partial charge in [-0.25, -0.2) is 0 Å². The first-order chi connectivity index (χ1) is 26.7. The van der Waals surface area contributed by atoms with E-state index >= 15 is 0 Å². The van der Waals surface area contributed by atoms with Crippen LogP contribution in [-0.2, 0) is 0 Å². The maximum absolute atomic E-state index is 6.38. The summed E-state index contributed by atoms with van der Waals surface area (Å²) in [7, 11) is 0. The molecule has 0 bridgehead atoms. The van der Waals surface area contributed by atoms with E-state index in [-0.39, 0.29) is 0 Å². The summed E-state index contributed by atoms with van der Waals surface area (Å²) in [6, 6.07) is 75.8. The summed E-state index contributed by atoms with van der Waals surface area (Å²) in [5, 5.41) is 4.79. The Kier molecular flexibility index (Phi) is 7.85. The van der Waals surface area contributed by atoms with Crippen molar-refractivity contribution in [1.29, 1.82) is 0 Å². The molecular weight excluding hydrogens is 655 g/mol. The predicted octanol–water partition coefficient (Wildman–Crippen LogP) is 14.9. The van der Waals surface area contributed by atoms with Crippen LogP contribution < -0.4 is 4.90 Å². The van der Waals surface area contributed by atoms with E-state index in [1.54, 1.807) is 0 Å². The van der Waals surface area contributed by atoms with Crippen LogP contribution in [0.2, 0.25) is 0 Å². The minimum Gasteiger partial charge on any atom is -0.455 e. The van der Waals surface area contributed by atoms with Gasteiger partial charge in [0, 0.05) is 33.4 Å². The number of hydrogen-bond donors (Lipinski definition) is 0. The van der Waals surface area contributed by atoms with Crippen molar-refractivity contribution < 1.29 is 4.42 Å². The number of furan rings is 1. The van der Waals surface area contributed by atoms with Crippen molar-refractivity contribution in [3.05, 3.63) is 212 Å². The Balaban J connectivity index is 0.988. The SMILES string of the molecule is c1ccc(-c2ccc(N(c3ccc(-c4ccc(-c5ccc6ccccc6c5)cc4)cc3)c3ccc(-c4cccc5c4oc4ccccc45)cc3)cc2)cc1. The minimum atomic E-state index is 0.908. The van der Waals surface area contributed by atoms with Gasteiger partial charge >= 0.3 is 0 Å². The first-order valence-electron chi connectivity index (χ1n) is 18.4. The van der Waals surface area contributed by atoms with Crippen LogP contribution in [-0.4, -0.2) is 0 Å². The van der Waals surface area contributed by atoms with Gasteiger partial charge in [0.25, 0.3) is 0 Å². The molecule has 0 N–H and O–H groups in total. The molecule has 0 saturated carbocycles. The van der Waals surface area contributed by atoms with Gasteiger partial charge in [0.05, 0.1) is 0 Å². The number of para-hydroxylation sites is 2. The second kappa shape index (κ2) is 13.4. The minimum absolute atomic E-state index is 0.908. The van der Waals surface area contributed by atoms with Crippen LogP contribution in [0, 0.1) is 0 Å².